The second-order valence-corrected chi connectivity index (χ2v) is 6.87. The molecule has 3 unspecified atom stereocenters. The van der Waals surface area contributed by atoms with Gasteiger partial charge in [-0.3, -0.25) is 4.79 Å². The molecule has 0 spiro atoms. The van der Waals surface area contributed by atoms with Crippen LogP contribution in [0.15, 0.2) is 12.1 Å². The van der Waals surface area contributed by atoms with Gasteiger partial charge in [0.1, 0.15) is 0 Å². The van der Waals surface area contributed by atoms with Crippen LogP contribution in [-0.4, -0.2) is 23.7 Å². The van der Waals surface area contributed by atoms with Gasteiger partial charge in [-0.05, 0) is 30.4 Å². The van der Waals surface area contributed by atoms with Crippen LogP contribution in [0.25, 0.3) is 0 Å². The highest BCUT2D eigenvalue weighted by molar-refractivity contribution is 7.14. The molecule has 2 rings (SSSR count). The van der Waals surface area contributed by atoms with Crippen LogP contribution in [0.4, 0.5) is 0 Å². The van der Waals surface area contributed by atoms with Gasteiger partial charge in [0.2, 0.25) is 0 Å². The summed E-state index contributed by atoms with van der Waals surface area (Å²) in [7, 11) is 0. The van der Waals surface area contributed by atoms with E-state index >= 15 is 0 Å². The number of carbonyl (C=O) groups is 1. The summed E-state index contributed by atoms with van der Waals surface area (Å²) in [5, 5.41) is 11.9. The standard InChI is InChI=1S/C17H23NO2S/c1-12-6-5-8-15(13(12)2)18-17(20)16-10-9-14(21-16)7-3-4-11-19/h9-10,12-13,15,19H,4-6,8,11H2,1-2H3,(H,18,20). The summed E-state index contributed by atoms with van der Waals surface area (Å²) in [4.78, 5) is 13.9. The third-order valence-electron chi connectivity index (χ3n) is 4.30. The number of amides is 1. The Kier molecular flexibility index (Phi) is 5.84. The Morgan fingerprint density at radius 2 is 2.24 bits per heavy atom. The lowest BCUT2D eigenvalue weighted by Crippen LogP contribution is -2.43. The van der Waals surface area contributed by atoms with Crippen molar-refractivity contribution in [2.45, 2.75) is 45.6 Å². The minimum atomic E-state index is 0.0150. The molecule has 1 aromatic rings. The molecule has 0 aliphatic heterocycles. The van der Waals surface area contributed by atoms with Crippen LogP contribution >= 0.6 is 11.3 Å². The number of aliphatic hydroxyl groups is 1. The van der Waals surface area contributed by atoms with E-state index in [1.54, 1.807) is 0 Å². The van der Waals surface area contributed by atoms with Gasteiger partial charge in [0.25, 0.3) is 5.91 Å². The third kappa shape index (κ3) is 4.33. The van der Waals surface area contributed by atoms with Crippen LogP contribution in [0, 0.1) is 23.7 Å². The van der Waals surface area contributed by atoms with Crippen molar-refractivity contribution in [3.8, 4) is 11.8 Å². The van der Waals surface area contributed by atoms with Crippen LogP contribution in [0.5, 0.6) is 0 Å². The highest BCUT2D eigenvalue weighted by Crippen LogP contribution is 2.29. The maximum atomic E-state index is 12.3. The van der Waals surface area contributed by atoms with Gasteiger partial charge >= 0.3 is 0 Å². The Balaban J connectivity index is 1.96. The summed E-state index contributed by atoms with van der Waals surface area (Å²) >= 11 is 1.41. The summed E-state index contributed by atoms with van der Waals surface area (Å²) in [6.07, 6.45) is 4.00. The van der Waals surface area contributed by atoms with Gasteiger partial charge in [0, 0.05) is 12.5 Å². The van der Waals surface area contributed by atoms with Gasteiger partial charge in [-0.25, -0.2) is 0 Å². The van der Waals surface area contributed by atoms with Crippen molar-refractivity contribution < 1.29 is 9.90 Å². The van der Waals surface area contributed by atoms with Crippen LogP contribution < -0.4 is 5.32 Å². The maximum absolute atomic E-state index is 12.3. The third-order valence-corrected chi connectivity index (χ3v) is 5.30. The summed E-state index contributed by atoms with van der Waals surface area (Å²) in [6, 6.07) is 3.99. The molecule has 1 heterocycles. The normalized spacial score (nSPS) is 25.0. The van der Waals surface area contributed by atoms with E-state index in [0.29, 0.717) is 23.1 Å². The van der Waals surface area contributed by atoms with Crippen molar-refractivity contribution in [3.63, 3.8) is 0 Å². The van der Waals surface area contributed by atoms with Crippen molar-refractivity contribution in [2.75, 3.05) is 6.61 Å². The maximum Gasteiger partial charge on any atom is 0.261 e. The van der Waals surface area contributed by atoms with Gasteiger partial charge < -0.3 is 10.4 Å². The Bertz CT molecular complexity index is 540. The largest absolute Gasteiger partial charge is 0.395 e. The highest BCUT2D eigenvalue weighted by atomic mass is 32.1. The van der Waals surface area contributed by atoms with Crippen molar-refractivity contribution in [1.29, 1.82) is 0 Å². The Morgan fingerprint density at radius 1 is 1.43 bits per heavy atom. The molecule has 1 aliphatic rings. The first-order chi connectivity index (χ1) is 10.1. The molecule has 21 heavy (non-hydrogen) atoms. The predicted octanol–water partition coefficient (Wildman–Crippen LogP) is 3.04. The first-order valence-corrected chi connectivity index (χ1v) is 8.44. The molecule has 3 nitrogen and oxygen atoms in total. The zero-order valence-electron chi connectivity index (χ0n) is 12.7. The van der Waals surface area contributed by atoms with Crippen LogP contribution in [0.1, 0.15) is 54.1 Å². The number of nitrogens with one attached hydrogen (secondary N) is 1. The fourth-order valence-corrected chi connectivity index (χ4v) is 3.54. The molecule has 2 N–H and O–H groups in total. The first-order valence-electron chi connectivity index (χ1n) is 7.62. The van der Waals surface area contributed by atoms with Crippen LogP contribution in [0.3, 0.4) is 0 Å². The average Bonchev–Trinajstić information content (AvgIpc) is 2.93. The second-order valence-electron chi connectivity index (χ2n) is 5.79. The molecule has 114 valence electrons. The van der Waals surface area contributed by atoms with E-state index in [4.69, 9.17) is 5.11 Å². The number of hydrogen-bond donors (Lipinski definition) is 2. The second kappa shape index (κ2) is 7.63. The Hall–Kier alpha value is -1.31. The zero-order valence-corrected chi connectivity index (χ0v) is 13.5. The minimum absolute atomic E-state index is 0.0150. The minimum Gasteiger partial charge on any atom is -0.395 e. The van der Waals surface area contributed by atoms with Crippen molar-refractivity contribution >= 4 is 17.2 Å². The van der Waals surface area contributed by atoms with Gasteiger partial charge in [-0.1, -0.05) is 38.5 Å². The van der Waals surface area contributed by atoms with Gasteiger partial charge in [-0.15, -0.1) is 11.3 Å². The van der Waals surface area contributed by atoms with Crippen molar-refractivity contribution in [3.05, 3.63) is 21.9 Å². The molecule has 1 fully saturated rings. The fraction of sp³-hybridized carbons (Fsp3) is 0.588. The molecular formula is C17H23NO2S. The Morgan fingerprint density at radius 3 is 3.00 bits per heavy atom. The number of aliphatic hydroxyl groups excluding tert-OH is 1. The molecule has 4 heteroatoms. The van der Waals surface area contributed by atoms with E-state index in [-0.39, 0.29) is 18.6 Å². The molecule has 3 atom stereocenters. The average molecular weight is 305 g/mol. The van der Waals surface area contributed by atoms with Crippen molar-refractivity contribution in [1.82, 2.24) is 5.32 Å². The van der Waals surface area contributed by atoms with Gasteiger partial charge in [0.05, 0.1) is 16.4 Å². The lowest BCUT2D eigenvalue weighted by molar-refractivity contribution is 0.0895. The molecule has 0 saturated heterocycles. The summed E-state index contributed by atoms with van der Waals surface area (Å²) in [6.45, 7) is 4.57. The predicted molar refractivity (Wildman–Crippen MR) is 86.3 cm³/mol. The van der Waals surface area contributed by atoms with E-state index in [1.165, 1.54) is 24.2 Å². The molecule has 0 bridgehead atoms. The molecule has 1 aliphatic carbocycles. The van der Waals surface area contributed by atoms with Crippen molar-refractivity contribution in [2.24, 2.45) is 11.8 Å². The highest BCUT2D eigenvalue weighted by Gasteiger charge is 2.28. The van der Waals surface area contributed by atoms with Crippen LogP contribution in [0.2, 0.25) is 0 Å². The van der Waals surface area contributed by atoms with Gasteiger partial charge in [0.15, 0.2) is 0 Å². The SMILES string of the molecule is CC1CCCC(NC(=O)c2ccc(C#CCCO)s2)C1C. The molecule has 0 aromatic carbocycles. The number of rotatable bonds is 3. The summed E-state index contributed by atoms with van der Waals surface area (Å²) < 4.78 is 0. The van der Waals surface area contributed by atoms with Crippen LogP contribution in [-0.2, 0) is 0 Å². The van der Waals surface area contributed by atoms with E-state index in [0.717, 1.165) is 11.3 Å². The molecule has 0 radical (unpaired) electrons. The molecular weight excluding hydrogens is 282 g/mol. The fourth-order valence-electron chi connectivity index (χ4n) is 2.76. The van der Waals surface area contributed by atoms with E-state index < -0.39 is 0 Å². The summed E-state index contributed by atoms with van der Waals surface area (Å²) in [5.41, 5.74) is 0. The van der Waals surface area contributed by atoms with Gasteiger partial charge in [-0.2, -0.15) is 0 Å². The monoisotopic (exact) mass is 305 g/mol. The quantitative estimate of drug-likeness (QED) is 0.843. The van der Waals surface area contributed by atoms with E-state index in [9.17, 15) is 4.79 Å². The summed E-state index contributed by atoms with van der Waals surface area (Å²) in [5.74, 6) is 7.07. The smallest absolute Gasteiger partial charge is 0.261 e. The lowest BCUT2D eigenvalue weighted by atomic mass is 9.78. The number of hydrogen-bond acceptors (Lipinski definition) is 3. The molecule has 1 aromatic heterocycles. The first kappa shape index (κ1) is 16.1. The topological polar surface area (TPSA) is 49.3 Å². The molecule has 1 amide bonds. The molecule has 1 saturated carbocycles. The lowest BCUT2D eigenvalue weighted by Gasteiger charge is -2.34. The number of carbonyl (C=O) groups excluding carboxylic acids is 1. The Labute approximate surface area is 130 Å². The number of thiophene rings is 1. The van der Waals surface area contributed by atoms with E-state index in [2.05, 4.69) is 31.0 Å². The van der Waals surface area contributed by atoms with E-state index in [1.807, 2.05) is 12.1 Å². The zero-order chi connectivity index (χ0) is 15.2.